The van der Waals surface area contributed by atoms with Crippen molar-refractivity contribution in [2.75, 3.05) is 5.32 Å². The number of nitrogens with one attached hydrogen (secondary N) is 1. The maximum absolute atomic E-state index is 6.01. The number of anilines is 2. The van der Waals surface area contributed by atoms with E-state index in [0.717, 1.165) is 22.3 Å². The first-order chi connectivity index (χ1) is 9.63. The third-order valence-corrected chi connectivity index (χ3v) is 3.73. The second kappa shape index (κ2) is 5.14. The largest absolute Gasteiger partial charge is 0.355 e. The lowest BCUT2D eigenvalue weighted by Gasteiger charge is -2.11. The van der Waals surface area contributed by atoms with Crippen LogP contribution in [0.25, 0.3) is 10.9 Å². The average molecular weight is 283 g/mol. The number of hydrogen-bond donors (Lipinski definition) is 1. The number of benzene rings is 2. The van der Waals surface area contributed by atoms with Crippen molar-refractivity contribution in [3.8, 4) is 0 Å². The molecule has 0 aliphatic rings. The van der Waals surface area contributed by atoms with E-state index in [0.29, 0.717) is 5.02 Å². The summed E-state index contributed by atoms with van der Waals surface area (Å²) in [6, 6.07) is 14.1. The molecule has 0 fully saturated rings. The molecule has 3 rings (SSSR count). The second-order valence-electron chi connectivity index (χ2n) is 4.94. The van der Waals surface area contributed by atoms with Crippen LogP contribution < -0.4 is 5.32 Å². The van der Waals surface area contributed by atoms with Gasteiger partial charge in [0.1, 0.15) is 0 Å². The minimum Gasteiger partial charge on any atom is -0.355 e. The number of nitrogens with zero attached hydrogens (tertiary/aromatic N) is 1. The first-order valence-electron chi connectivity index (χ1n) is 6.52. The van der Waals surface area contributed by atoms with Gasteiger partial charge < -0.3 is 5.32 Å². The van der Waals surface area contributed by atoms with E-state index < -0.39 is 0 Å². The molecule has 0 saturated carbocycles. The maximum atomic E-state index is 6.01. The van der Waals surface area contributed by atoms with E-state index in [-0.39, 0.29) is 0 Å². The Morgan fingerprint density at radius 2 is 1.80 bits per heavy atom. The normalized spacial score (nSPS) is 10.8. The molecule has 0 saturated heterocycles. The summed E-state index contributed by atoms with van der Waals surface area (Å²) >= 11 is 6.01. The van der Waals surface area contributed by atoms with E-state index in [2.05, 4.69) is 42.3 Å². The molecule has 0 aliphatic carbocycles. The summed E-state index contributed by atoms with van der Waals surface area (Å²) in [4.78, 5) is 4.35. The van der Waals surface area contributed by atoms with E-state index in [1.807, 2.05) is 24.3 Å². The van der Waals surface area contributed by atoms with E-state index in [1.54, 1.807) is 6.20 Å². The number of pyridine rings is 1. The molecule has 3 aromatic rings. The average Bonchev–Trinajstić information content (AvgIpc) is 2.43. The Hall–Kier alpha value is -2.06. The molecule has 3 heteroatoms. The van der Waals surface area contributed by atoms with Gasteiger partial charge in [-0.1, -0.05) is 17.7 Å². The van der Waals surface area contributed by atoms with Crippen LogP contribution in [0.4, 0.5) is 11.4 Å². The SMILES string of the molecule is Cc1ccc(Nc2ccnc3cc(Cl)ccc23)cc1C. The van der Waals surface area contributed by atoms with Crippen molar-refractivity contribution >= 4 is 33.9 Å². The third kappa shape index (κ3) is 2.47. The lowest BCUT2D eigenvalue weighted by atomic mass is 10.1. The summed E-state index contributed by atoms with van der Waals surface area (Å²) in [5, 5.41) is 5.22. The van der Waals surface area contributed by atoms with Crippen LogP contribution in [0, 0.1) is 13.8 Å². The highest BCUT2D eigenvalue weighted by molar-refractivity contribution is 6.31. The molecule has 20 heavy (non-hydrogen) atoms. The Morgan fingerprint density at radius 1 is 0.950 bits per heavy atom. The molecule has 0 aliphatic heterocycles. The fourth-order valence-corrected chi connectivity index (χ4v) is 2.37. The molecule has 1 N–H and O–H groups in total. The molecular weight excluding hydrogens is 268 g/mol. The lowest BCUT2D eigenvalue weighted by Crippen LogP contribution is -1.94. The highest BCUT2D eigenvalue weighted by atomic mass is 35.5. The molecule has 1 heterocycles. The monoisotopic (exact) mass is 282 g/mol. The Balaban J connectivity index is 2.04. The Kier molecular flexibility index (Phi) is 3.33. The summed E-state index contributed by atoms with van der Waals surface area (Å²) < 4.78 is 0. The number of fused-ring (bicyclic) bond motifs is 1. The van der Waals surface area contributed by atoms with Crippen molar-refractivity contribution in [1.29, 1.82) is 0 Å². The predicted molar refractivity (Wildman–Crippen MR) is 86.0 cm³/mol. The molecule has 0 bridgehead atoms. The summed E-state index contributed by atoms with van der Waals surface area (Å²) in [6.07, 6.45) is 1.79. The second-order valence-corrected chi connectivity index (χ2v) is 5.38. The topological polar surface area (TPSA) is 24.9 Å². The van der Waals surface area contributed by atoms with Gasteiger partial charge in [0.25, 0.3) is 0 Å². The summed E-state index contributed by atoms with van der Waals surface area (Å²) in [5.74, 6) is 0. The quantitative estimate of drug-likeness (QED) is 0.694. The van der Waals surface area contributed by atoms with Crippen LogP contribution >= 0.6 is 11.6 Å². The molecule has 100 valence electrons. The van der Waals surface area contributed by atoms with Gasteiger partial charge in [0, 0.05) is 28.0 Å². The van der Waals surface area contributed by atoms with E-state index >= 15 is 0 Å². The van der Waals surface area contributed by atoms with Gasteiger partial charge in [0.2, 0.25) is 0 Å². The fourth-order valence-electron chi connectivity index (χ4n) is 2.20. The van der Waals surface area contributed by atoms with Gasteiger partial charge in [-0.05, 0) is 61.4 Å². The number of aromatic nitrogens is 1. The zero-order valence-electron chi connectivity index (χ0n) is 11.4. The minimum absolute atomic E-state index is 0.702. The number of hydrogen-bond acceptors (Lipinski definition) is 2. The smallest absolute Gasteiger partial charge is 0.0737 e. The van der Waals surface area contributed by atoms with Crippen LogP contribution in [0.2, 0.25) is 5.02 Å². The predicted octanol–water partition coefficient (Wildman–Crippen LogP) is 5.25. The first kappa shape index (κ1) is 12.9. The van der Waals surface area contributed by atoms with Gasteiger partial charge in [0.05, 0.1) is 5.52 Å². The lowest BCUT2D eigenvalue weighted by molar-refractivity contribution is 1.33. The molecular formula is C17H15ClN2. The highest BCUT2D eigenvalue weighted by Gasteiger charge is 2.04. The first-order valence-corrected chi connectivity index (χ1v) is 6.90. The van der Waals surface area contributed by atoms with Crippen LogP contribution in [-0.4, -0.2) is 4.98 Å². The van der Waals surface area contributed by atoms with Crippen molar-refractivity contribution in [3.05, 3.63) is 64.8 Å². The molecule has 0 spiro atoms. The number of aryl methyl sites for hydroxylation is 2. The Morgan fingerprint density at radius 3 is 2.60 bits per heavy atom. The van der Waals surface area contributed by atoms with Crippen LogP contribution in [0.15, 0.2) is 48.7 Å². The highest BCUT2D eigenvalue weighted by Crippen LogP contribution is 2.27. The number of rotatable bonds is 2. The molecule has 2 aromatic carbocycles. The van der Waals surface area contributed by atoms with E-state index in [4.69, 9.17) is 11.6 Å². The van der Waals surface area contributed by atoms with Crippen LogP contribution in [0.3, 0.4) is 0 Å². The maximum Gasteiger partial charge on any atom is 0.0737 e. The van der Waals surface area contributed by atoms with Crippen LogP contribution in [0.5, 0.6) is 0 Å². The van der Waals surface area contributed by atoms with Crippen molar-refractivity contribution < 1.29 is 0 Å². The Labute approximate surface area is 123 Å². The van der Waals surface area contributed by atoms with E-state index in [9.17, 15) is 0 Å². The minimum atomic E-state index is 0.702. The van der Waals surface area contributed by atoms with Gasteiger partial charge in [-0.15, -0.1) is 0 Å². The molecule has 0 amide bonds. The van der Waals surface area contributed by atoms with Gasteiger partial charge in [-0.25, -0.2) is 0 Å². The van der Waals surface area contributed by atoms with Gasteiger partial charge >= 0.3 is 0 Å². The van der Waals surface area contributed by atoms with Crippen LogP contribution in [-0.2, 0) is 0 Å². The summed E-state index contributed by atoms with van der Waals surface area (Å²) in [6.45, 7) is 4.23. The van der Waals surface area contributed by atoms with E-state index in [1.165, 1.54) is 11.1 Å². The molecule has 2 nitrogen and oxygen atoms in total. The fraction of sp³-hybridized carbons (Fsp3) is 0.118. The molecule has 1 aromatic heterocycles. The van der Waals surface area contributed by atoms with Gasteiger partial charge in [-0.2, -0.15) is 0 Å². The van der Waals surface area contributed by atoms with Gasteiger partial charge in [0.15, 0.2) is 0 Å². The summed E-state index contributed by atoms with van der Waals surface area (Å²) in [5.41, 5.74) is 5.58. The van der Waals surface area contributed by atoms with Crippen molar-refractivity contribution in [3.63, 3.8) is 0 Å². The van der Waals surface area contributed by atoms with Crippen molar-refractivity contribution in [2.45, 2.75) is 13.8 Å². The standard InChI is InChI=1S/C17H15ClN2/c1-11-3-5-14(9-12(11)2)20-16-7-8-19-17-10-13(18)4-6-15(16)17/h3-10H,1-2H3,(H,19,20). The zero-order chi connectivity index (χ0) is 14.1. The Bertz CT molecular complexity index is 781. The van der Waals surface area contributed by atoms with Crippen molar-refractivity contribution in [1.82, 2.24) is 4.98 Å². The zero-order valence-corrected chi connectivity index (χ0v) is 12.2. The molecule has 0 radical (unpaired) electrons. The summed E-state index contributed by atoms with van der Waals surface area (Å²) in [7, 11) is 0. The van der Waals surface area contributed by atoms with Gasteiger partial charge in [-0.3, -0.25) is 4.98 Å². The number of halogens is 1. The molecule has 0 unspecified atom stereocenters. The van der Waals surface area contributed by atoms with Crippen LogP contribution in [0.1, 0.15) is 11.1 Å². The van der Waals surface area contributed by atoms with Crippen molar-refractivity contribution in [2.24, 2.45) is 0 Å². The molecule has 0 atom stereocenters. The third-order valence-electron chi connectivity index (χ3n) is 3.49.